The topological polar surface area (TPSA) is 47.8 Å². The summed E-state index contributed by atoms with van der Waals surface area (Å²) in [5, 5.41) is 7.90. The lowest BCUT2D eigenvalue weighted by atomic mass is 10.1. The molecule has 4 nitrogen and oxygen atoms in total. The van der Waals surface area contributed by atoms with Crippen LogP contribution in [0.4, 0.5) is 0 Å². The van der Waals surface area contributed by atoms with Crippen LogP contribution >= 0.6 is 0 Å². The van der Waals surface area contributed by atoms with E-state index in [0.29, 0.717) is 5.56 Å². The summed E-state index contributed by atoms with van der Waals surface area (Å²) in [5.74, 6) is -0.160. The first kappa shape index (κ1) is 10.7. The van der Waals surface area contributed by atoms with Gasteiger partial charge in [-0.1, -0.05) is 35.0 Å². The number of hydrogen-bond acceptors (Lipinski definition) is 3. The zero-order valence-corrected chi connectivity index (χ0v) is 9.87. The van der Waals surface area contributed by atoms with E-state index in [1.807, 2.05) is 49.4 Å². The predicted molar refractivity (Wildman–Crippen MR) is 68.4 cm³/mol. The molecule has 0 aliphatic rings. The van der Waals surface area contributed by atoms with Crippen molar-refractivity contribution in [2.75, 3.05) is 0 Å². The Labute approximate surface area is 104 Å². The van der Waals surface area contributed by atoms with Crippen LogP contribution in [0.3, 0.4) is 0 Å². The van der Waals surface area contributed by atoms with Gasteiger partial charge in [-0.3, -0.25) is 4.79 Å². The van der Waals surface area contributed by atoms with Crippen LogP contribution in [0.2, 0.25) is 0 Å². The number of carbonyl (C=O) groups is 1. The van der Waals surface area contributed by atoms with Gasteiger partial charge < -0.3 is 0 Å². The summed E-state index contributed by atoms with van der Waals surface area (Å²) < 4.78 is 1.34. The van der Waals surface area contributed by atoms with Gasteiger partial charge in [0.1, 0.15) is 5.52 Å². The Morgan fingerprint density at radius 2 is 1.94 bits per heavy atom. The monoisotopic (exact) mass is 237 g/mol. The van der Waals surface area contributed by atoms with Gasteiger partial charge in [-0.25, -0.2) is 0 Å². The lowest BCUT2D eigenvalue weighted by molar-refractivity contribution is 0.0948. The molecule has 18 heavy (non-hydrogen) atoms. The van der Waals surface area contributed by atoms with Crippen molar-refractivity contribution in [2.45, 2.75) is 6.92 Å². The molecule has 0 aliphatic carbocycles. The van der Waals surface area contributed by atoms with Crippen molar-refractivity contribution in [3.63, 3.8) is 0 Å². The van der Waals surface area contributed by atoms with Gasteiger partial charge in [0.05, 0.1) is 5.52 Å². The molecule has 0 radical (unpaired) electrons. The molecule has 0 amide bonds. The van der Waals surface area contributed by atoms with Crippen molar-refractivity contribution in [1.29, 1.82) is 0 Å². The fourth-order valence-electron chi connectivity index (χ4n) is 1.92. The van der Waals surface area contributed by atoms with Gasteiger partial charge in [0.25, 0.3) is 5.91 Å². The third-order valence-corrected chi connectivity index (χ3v) is 2.81. The second-order valence-electron chi connectivity index (χ2n) is 4.16. The van der Waals surface area contributed by atoms with Crippen LogP contribution in [0, 0.1) is 6.92 Å². The predicted octanol–water partition coefficient (Wildman–Crippen LogP) is 2.43. The van der Waals surface area contributed by atoms with E-state index in [1.54, 1.807) is 6.07 Å². The van der Waals surface area contributed by atoms with Crippen LogP contribution < -0.4 is 0 Å². The molecule has 88 valence electrons. The third kappa shape index (κ3) is 1.68. The Morgan fingerprint density at radius 1 is 1.11 bits per heavy atom. The molecule has 3 aromatic rings. The summed E-state index contributed by atoms with van der Waals surface area (Å²) in [7, 11) is 0. The Balaban J connectivity index is 2.12. The van der Waals surface area contributed by atoms with Crippen molar-refractivity contribution in [3.05, 3.63) is 59.7 Å². The van der Waals surface area contributed by atoms with Gasteiger partial charge in [0.15, 0.2) is 0 Å². The van der Waals surface area contributed by atoms with Gasteiger partial charge in [-0.05, 0) is 31.2 Å². The molecule has 0 atom stereocenters. The molecule has 0 fully saturated rings. The summed E-state index contributed by atoms with van der Waals surface area (Å²) in [6, 6.07) is 14.9. The first-order valence-electron chi connectivity index (χ1n) is 5.67. The van der Waals surface area contributed by atoms with Gasteiger partial charge in [-0.15, -0.1) is 5.10 Å². The molecule has 0 saturated heterocycles. The van der Waals surface area contributed by atoms with Crippen molar-refractivity contribution in [2.24, 2.45) is 0 Å². The fourth-order valence-corrected chi connectivity index (χ4v) is 1.92. The Kier molecular flexibility index (Phi) is 2.41. The number of hydrogen-bond donors (Lipinski definition) is 0. The highest BCUT2D eigenvalue weighted by atomic mass is 16.2. The summed E-state index contributed by atoms with van der Waals surface area (Å²) >= 11 is 0. The highest BCUT2D eigenvalue weighted by molar-refractivity contribution is 6.00. The van der Waals surface area contributed by atoms with Gasteiger partial charge in [-0.2, -0.15) is 4.68 Å². The van der Waals surface area contributed by atoms with Crippen LogP contribution in [0.25, 0.3) is 11.0 Å². The molecule has 0 unspecified atom stereocenters. The minimum Gasteiger partial charge on any atom is -0.267 e. The molecule has 0 N–H and O–H groups in total. The van der Waals surface area contributed by atoms with E-state index in [-0.39, 0.29) is 5.91 Å². The summed E-state index contributed by atoms with van der Waals surface area (Å²) in [6.45, 7) is 1.95. The highest BCUT2D eigenvalue weighted by Crippen LogP contribution is 2.12. The maximum Gasteiger partial charge on any atom is 0.280 e. The highest BCUT2D eigenvalue weighted by Gasteiger charge is 2.13. The van der Waals surface area contributed by atoms with Crippen molar-refractivity contribution >= 4 is 16.9 Å². The average molecular weight is 237 g/mol. The number of aromatic nitrogens is 3. The number of para-hydroxylation sites is 1. The molecule has 3 rings (SSSR count). The molecule has 0 bridgehead atoms. The smallest absolute Gasteiger partial charge is 0.267 e. The summed E-state index contributed by atoms with van der Waals surface area (Å²) in [6.07, 6.45) is 0. The zero-order chi connectivity index (χ0) is 12.5. The minimum atomic E-state index is -0.160. The van der Waals surface area contributed by atoms with E-state index in [0.717, 1.165) is 16.6 Å². The van der Waals surface area contributed by atoms with E-state index < -0.39 is 0 Å². The molecule has 0 saturated carbocycles. The van der Waals surface area contributed by atoms with Crippen molar-refractivity contribution in [3.8, 4) is 0 Å². The Bertz CT molecular complexity index is 730. The van der Waals surface area contributed by atoms with E-state index in [9.17, 15) is 4.79 Å². The fraction of sp³-hybridized carbons (Fsp3) is 0.0714. The van der Waals surface area contributed by atoms with Crippen LogP contribution in [0.15, 0.2) is 48.5 Å². The third-order valence-electron chi connectivity index (χ3n) is 2.81. The van der Waals surface area contributed by atoms with Gasteiger partial charge in [0, 0.05) is 5.56 Å². The summed E-state index contributed by atoms with van der Waals surface area (Å²) in [4.78, 5) is 12.3. The van der Waals surface area contributed by atoms with Crippen molar-refractivity contribution < 1.29 is 4.79 Å². The number of benzene rings is 2. The molecule has 4 heteroatoms. The van der Waals surface area contributed by atoms with E-state index in [1.165, 1.54) is 4.68 Å². The number of nitrogens with zero attached hydrogens (tertiary/aromatic N) is 3. The molecular formula is C14H11N3O. The lowest BCUT2D eigenvalue weighted by Gasteiger charge is -2.02. The standard InChI is InChI=1S/C14H11N3O/c1-10-5-4-6-11(9-10)14(18)17-13-8-3-2-7-12(13)15-16-17/h2-9H,1H3. The zero-order valence-electron chi connectivity index (χ0n) is 9.87. The largest absolute Gasteiger partial charge is 0.280 e. The van der Waals surface area contributed by atoms with Crippen molar-refractivity contribution in [1.82, 2.24) is 15.0 Å². The van der Waals surface area contributed by atoms with Crippen LogP contribution in [0.1, 0.15) is 15.9 Å². The van der Waals surface area contributed by atoms with Crippen LogP contribution in [0.5, 0.6) is 0 Å². The molecule has 1 heterocycles. The minimum absolute atomic E-state index is 0.160. The van der Waals surface area contributed by atoms with E-state index >= 15 is 0 Å². The Morgan fingerprint density at radius 3 is 2.78 bits per heavy atom. The summed E-state index contributed by atoms with van der Waals surface area (Å²) in [5.41, 5.74) is 3.11. The van der Waals surface area contributed by atoms with Crippen LogP contribution in [-0.4, -0.2) is 20.9 Å². The maximum atomic E-state index is 12.3. The van der Waals surface area contributed by atoms with E-state index in [2.05, 4.69) is 10.3 Å². The number of fused-ring (bicyclic) bond motifs is 1. The lowest BCUT2D eigenvalue weighted by Crippen LogP contribution is -2.13. The number of carbonyl (C=O) groups excluding carboxylic acids is 1. The van der Waals surface area contributed by atoms with Gasteiger partial charge in [0.2, 0.25) is 0 Å². The molecule has 2 aromatic carbocycles. The quantitative estimate of drug-likeness (QED) is 0.653. The maximum absolute atomic E-state index is 12.3. The van der Waals surface area contributed by atoms with Gasteiger partial charge >= 0.3 is 0 Å². The second kappa shape index (κ2) is 4.07. The number of rotatable bonds is 1. The second-order valence-corrected chi connectivity index (χ2v) is 4.16. The molecule has 0 spiro atoms. The normalized spacial score (nSPS) is 10.7. The van der Waals surface area contributed by atoms with Crippen LogP contribution in [-0.2, 0) is 0 Å². The first-order chi connectivity index (χ1) is 8.75. The average Bonchev–Trinajstić information content (AvgIpc) is 2.82. The number of aryl methyl sites for hydroxylation is 1. The first-order valence-corrected chi connectivity index (χ1v) is 5.67. The SMILES string of the molecule is Cc1cccc(C(=O)n2nnc3ccccc32)c1. The van der Waals surface area contributed by atoms with E-state index in [4.69, 9.17) is 0 Å². The molecule has 1 aromatic heterocycles. The molecule has 0 aliphatic heterocycles. The molecular weight excluding hydrogens is 226 g/mol. The Hall–Kier alpha value is -2.49.